The topological polar surface area (TPSA) is 73.6 Å². The number of ether oxygens (including phenoxy) is 2. The van der Waals surface area contributed by atoms with Crippen molar-refractivity contribution in [3.8, 4) is 17.2 Å². The summed E-state index contributed by atoms with van der Waals surface area (Å²) in [6.45, 7) is 9.91. The van der Waals surface area contributed by atoms with E-state index in [2.05, 4.69) is 10.5 Å². The molecule has 2 aromatic rings. The zero-order valence-electron chi connectivity index (χ0n) is 16.1. The van der Waals surface area contributed by atoms with E-state index in [0.717, 1.165) is 5.56 Å². The monoisotopic (exact) mass is 414 g/mol. The lowest BCUT2D eigenvalue weighted by Gasteiger charge is -2.19. The van der Waals surface area contributed by atoms with Crippen molar-refractivity contribution in [3.05, 3.63) is 33.8 Å². The minimum atomic E-state index is -0.547. The van der Waals surface area contributed by atoms with E-state index < -0.39 is 11.7 Å². The lowest BCUT2D eigenvalue weighted by atomic mass is 10.00. The maximum atomic E-state index is 11.7. The highest BCUT2D eigenvalue weighted by Gasteiger charge is 2.23. The number of hydrogen-bond donors (Lipinski definition) is 1. The van der Waals surface area contributed by atoms with Crippen molar-refractivity contribution in [1.29, 1.82) is 0 Å². The van der Waals surface area contributed by atoms with Gasteiger partial charge >= 0.3 is 6.09 Å². The normalized spacial score (nSPS) is 11.6. The molecule has 0 aliphatic rings. The number of alkyl carbamates (subject to hydrolysis) is 1. The number of hydrogen-bond acceptors (Lipinski definition) is 5. The zero-order valence-corrected chi connectivity index (χ0v) is 17.6. The average Bonchev–Trinajstić information content (AvgIpc) is 2.93. The van der Waals surface area contributed by atoms with Crippen LogP contribution in [0.3, 0.4) is 0 Å². The first-order valence-corrected chi connectivity index (χ1v) is 9.38. The van der Waals surface area contributed by atoms with Crippen LogP contribution in [0.4, 0.5) is 4.79 Å². The van der Waals surface area contributed by atoms with Gasteiger partial charge in [-0.1, -0.05) is 37.0 Å². The van der Waals surface area contributed by atoms with Crippen LogP contribution in [0.25, 0.3) is 11.3 Å². The lowest BCUT2D eigenvalue weighted by molar-refractivity contribution is 0.0519. The highest BCUT2D eigenvalue weighted by atomic mass is 35.5. The summed E-state index contributed by atoms with van der Waals surface area (Å²) in [5.74, 6) is 1.01. The van der Waals surface area contributed by atoms with Crippen molar-refractivity contribution < 1.29 is 18.8 Å². The van der Waals surface area contributed by atoms with Crippen molar-refractivity contribution in [2.45, 2.75) is 46.1 Å². The van der Waals surface area contributed by atoms with E-state index in [4.69, 9.17) is 37.2 Å². The Morgan fingerprint density at radius 3 is 2.59 bits per heavy atom. The quantitative estimate of drug-likeness (QED) is 0.615. The molecule has 0 unspecified atom stereocenters. The second-order valence-electron chi connectivity index (χ2n) is 7.29. The van der Waals surface area contributed by atoms with Gasteiger partial charge in [0.25, 0.3) is 5.88 Å². The average molecular weight is 415 g/mol. The summed E-state index contributed by atoms with van der Waals surface area (Å²) in [5, 5.41) is 7.66. The highest BCUT2D eigenvalue weighted by Crippen LogP contribution is 2.39. The largest absolute Gasteiger partial charge is 0.473 e. The summed E-state index contributed by atoms with van der Waals surface area (Å²) in [7, 11) is 0. The van der Waals surface area contributed by atoms with Crippen LogP contribution in [0, 0.1) is 0 Å². The molecule has 148 valence electrons. The standard InChI is InChI=1S/C19H24Cl2N2O4/c1-11(2)15-16(13-7-6-12(20)10-14(13)21)27-23-17(15)25-9-8-22-18(24)26-19(3,4)5/h6-7,10-11H,8-9H2,1-5H3,(H,22,24). The Morgan fingerprint density at radius 2 is 2.00 bits per heavy atom. The Kier molecular flexibility index (Phi) is 7.00. The molecule has 1 N–H and O–H groups in total. The molecule has 2 rings (SSSR count). The van der Waals surface area contributed by atoms with Crippen LogP contribution < -0.4 is 10.1 Å². The second-order valence-corrected chi connectivity index (χ2v) is 8.13. The van der Waals surface area contributed by atoms with Gasteiger partial charge in [-0.15, -0.1) is 0 Å². The molecule has 0 spiro atoms. The first kappa shape index (κ1) is 21.4. The number of benzene rings is 1. The van der Waals surface area contributed by atoms with Gasteiger partial charge in [0.1, 0.15) is 12.2 Å². The molecule has 0 bridgehead atoms. The second kappa shape index (κ2) is 8.85. The molecule has 1 amide bonds. The van der Waals surface area contributed by atoms with Crippen LogP contribution in [0.5, 0.6) is 5.88 Å². The van der Waals surface area contributed by atoms with Crippen LogP contribution in [-0.4, -0.2) is 30.0 Å². The molecule has 27 heavy (non-hydrogen) atoms. The number of nitrogens with zero attached hydrogens (tertiary/aromatic N) is 1. The maximum absolute atomic E-state index is 11.7. The fraction of sp³-hybridized carbons (Fsp3) is 0.474. The predicted molar refractivity (Wildman–Crippen MR) is 106 cm³/mol. The number of aromatic nitrogens is 1. The number of halogens is 2. The molecule has 1 aromatic heterocycles. The van der Waals surface area contributed by atoms with E-state index in [9.17, 15) is 4.79 Å². The molecule has 1 aromatic carbocycles. The van der Waals surface area contributed by atoms with Gasteiger partial charge in [-0.2, -0.15) is 0 Å². The van der Waals surface area contributed by atoms with Gasteiger partial charge in [0.2, 0.25) is 0 Å². The Morgan fingerprint density at radius 1 is 1.30 bits per heavy atom. The van der Waals surface area contributed by atoms with Gasteiger partial charge in [-0.3, -0.25) is 0 Å². The van der Waals surface area contributed by atoms with Crippen LogP contribution in [-0.2, 0) is 4.74 Å². The molecule has 0 atom stereocenters. The van der Waals surface area contributed by atoms with Crippen molar-refractivity contribution in [2.24, 2.45) is 0 Å². The first-order valence-electron chi connectivity index (χ1n) is 8.63. The number of carbonyl (C=O) groups excluding carboxylic acids is 1. The zero-order chi connectivity index (χ0) is 20.2. The van der Waals surface area contributed by atoms with Gasteiger partial charge in [0, 0.05) is 10.6 Å². The fourth-order valence-electron chi connectivity index (χ4n) is 2.38. The summed E-state index contributed by atoms with van der Waals surface area (Å²) in [5.41, 5.74) is 0.949. The van der Waals surface area contributed by atoms with E-state index in [0.29, 0.717) is 27.2 Å². The first-order chi connectivity index (χ1) is 12.6. The number of amides is 1. The van der Waals surface area contributed by atoms with Crippen molar-refractivity contribution in [3.63, 3.8) is 0 Å². The van der Waals surface area contributed by atoms with Gasteiger partial charge < -0.3 is 19.3 Å². The Balaban J connectivity index is 2.06. The van der Waals surface area contributed by atoms with Crippen LogP contribution >= 0.6 is 23.2 Å². The summed E-state index contributed by atoms with van der Waals surface area (Å²) in [6.07, 6.45) is -0.496. The highest BCUT2D eigenvalue weighted by molar-refractivity contribution is 6.36. The van der Waals surface area contributed by atoms with Gasteiger partial charge in [0.15, 0.2) is 5.76 Å². The van der Waals surface area contributed by atoms with Crippen molar-refractivity contribution >= 4 is 29.3 Å². The Labute approximate surface area is 169 Å². The van der Waals surface area contributed by atoms with Crippen LogP contribution in [0.2, 0.25) is 10.0 Å². The molecule has 0 aliphatic heterocycles. The van der Waals surface area contributed by atoms with E-state index in [-0.39, 0.29) is 19.1 Å². The van der Waals surface area contributed by atoms with Gasteiger partial charge in [0.05, 0.1) is 17.1 Å². The molecular weight excluding hydrogens is 391 g/mol. The summed E-state index contributed by atoms with van der Waals surface area (Å²) < 4.78 is 16.4. The van der Waals surface area contributed by atoms with E-state index in [1.165, 1.54) is 0 Å². The number of carbonyl (C=O) groups is 1. The smallest absolute Gasteiger partial charge is 0.407 e. The van der Waals surface area contributed by atoms with E-state index in [1.54, 1.807) is 39.0 Å². The summed E-state index contributed by atoms with van der Waals surface area (Å²) >= 11 is 12.3. The summed E-state index contributed by atoms with van der Waals surface area (Å²) in [6, 6.07) is 5.17. The Bertz CT molecular complexity index is 797. The fourth-order valence-corrected chi connectivity index (χ4v) is 2.87. The van der Waals surface area contributed by atoms with E-state index in [1.807, 2.05) is 13.8 Å². The predicted octanol–water partition coefficient (Wildman–Crippen LogP) is 5.68. The molecular formula is C19H24Cl2N2O4. The minimum absolute atomic E-state index is 0.0896. The summed E-state index contributed by atoms with van der Waals surface area (Å²) in [4.78, 5) is 11.7. The molecule has 0 aliphatic carbocycles. The molecule has 6 nitrogen and oxygen atoms in total. The van der Waals surface area contributed by atoms with Gasteiger partial charge in [-0.25, -0.2) is 4.79 Å². The third-order valence-electron chi connectivity index (χ3n) is 3.46. The van der Waals surface area contributed by atoms with Crippen LogP contribution in [0.15, 0.2) is 22.7 Å². The number of rotatable bonds is 6. The van der Waals surface area contributed by atoms with Crippen LogP contribution in [0.1, 0.15) is 46.1 Å². The lowest BCUT2D eigenvalue weighted by Crippen LogP contribution is -2.34. The van der Waals surface area contributed by atoms with E-state index >= 15 is 0 Å². The maximum Gasteiger partial charge on any atom is 0.407 e. The van der Waals surface area contributed by atoms with Crippen molar-refractivity contribution in [1.82, 2.24) is 10.5 Å². The molecule has 0 saturated carbocycles. The van der Waals surface area contributed by atoms with Crippen molar-refractivity contribution in [2.75, 3.05) is 13.2 Å². The number of nitrogens with one attached hydrogen (secondary N) is 1. The molecule has 0 fully saturated rings. The molecule has 1 heterocycles. The molecule has 0 saturated heterocycles. The third-order valence-corrected chi connectivity index (χ3v) is 4.00. The molecule has 0 radical (unpaired) electrons. The minimum Gasteiger partial charge on any atom is -0.473 e. The third kappa shape index (κ3) is 6.04. The SMILES string of the molecule is CC(C)c1c(OCCNC(=O)OC(C)(C)C)noc1-c1ccc(Cl)cc1Cl. The Hall–Kier alpha value is -1.92. The van der Waals surface area contributed by atoms with Gasteiger partial charge in [-0.05, 0) is 50.0 Å². The molecule has 8 heteroatoms.